The molecule has 0 amide bonds. The van der Waals surface area contributed by atoms with Crippen LogP contribution in [0.2, 0.25) is 0 Å². The van der Waals surface area contributed by atoms with E-state index in [4.69, 9.17) is 0 Å². The second kappa shape index (κ2) is 14.4. The molecule has 0 heteroatoms. The molecule has 0 aliphatic rings. The Morgan fingerprint density at radius 1 is 0.679 bits per heavy atom. The number of benzene rings is 1. The van der Waals surface area contributed by atoms with Gasteiger partial charge in [0.2, 0.25) is 0 Å². The van der Waals surface area contributed by atoms with Crippen LogP contribution in [0.3, 0.4) is 0 Å². The van der Waals surface area contributed by atoms with E-state index >= 15 is 0 Å². The summed E-state index contributed by atoms with van der Waals surface area (Å²) in [4.78, 5) is 0. The van der Waals surface area contributed by atoms with E-state index in [-0.39, 0.29) is 0 Å². The van der Waals surface area contributed by atoms with Crippen LogP contribution in [0.15, 0.2) is 12.1 Å². The lowest BCUT2D eigenvalue weighted by Gasteiger charge is -2.20. The molecule has 0 radical (unpaired) electrons. The van der Waals surface area contributed by atoms with Crippen molar-refractivity contribution in [2.45, 2.75) is 106 Å². The van der Waals surface area contributed by atoms with Gasteiger partial charge >= 0.3 is 0 Å². The fourth-order valence-corrected chi connectivity index (χ4v) is 4.04. The van der Waals surface area contributed by atoms with Crippen LogP contribution in [0.4, 0.5) is 0 Å². The van der Waals surface area contributed by atoms with Crippen molar-refractivity contribution in [3.63, 3.8) is 0 Å². The maximum absolute atomic E-state index is 3.41. The van der Waals surface area contributed by atoms with Gasteiger partial charge in [0.25, 0.3) is 0 Å². The highest BCUT2D eigenvalue weighted by atomic mass is 14.2. The molecule has 0 saturated carbocycles. The number of unbranched alkanes of at least 4 members (excludes halogenated alkanes) is 2. The summed E-state index contributed by atoms with van der Waals surface area (Å²) in [5, 5.41) is 0. The molecule has 1 aromatic rings. The minimum atomic E-state index is 0.749. The summed E-state index contributed by atoms with van der Waals surface area (Å²) in [6.45, 7) is 13.1. The fourth-order valence-electron chi connectivity index (χ4n) is 4.04. The van der Waals surface area contributed by atoms with Gasteiger partial charge in [-0.3, -0.25) is 0 Å². The van der Waals surface area contributed by atoms with Crippen LogP contribution in [0, 0.1) is 35.5 Å². The topological polar surface area (TPSA) is 0 Å². The normalized spacial score (nSPS) is 12.5. The highest BCUT2D eigenvalue weighted by Gasteiger charge is 2.15. The molecule has 0 bridgehead atoms. The highest BCUT2D eigenvalue weighted by molar-refractivity contribution is 5.52. The van der Waals surface area contributed by atoms with Gasteiger partial charge in [0, 0.05) is 11.1 Å². The van der Waals surface area contributed by atoms with Gasteiger partial charge in [0.15, 0.2) is 0 Å². The first-order valence-corrected chi connectivity index (χ1v) is 11.6. The SMILES string of the molecule is CC#Cc1cc(CC(CC)CCCC)c(C#CC)cc1CC(CC)CCCC. The van der Waals surface area contributed by atoms with Crippen molar-refractivity contribution in [1.82, 2.24) is 0 Å². The molecule has 0 fully saturated rings. The van der Waals surface area contributed by atoms with Gasteiger partial charge in [0.05, 0.1) is 0 Å². The van der Waals surface area contributed by atoms with E-state index in [0.717, 1.165) is 24.7 Å². The molecule has 0 spiro atoms. The van der Waals surface area contributed by atoms with Crippen molar-refractivity contribution in [3.8, 4) is 23.7 Å². The Morgan fingerprint density at radius 3 is 1.36 bits per heavy atom. The molecule has 28 heavy (non-hydrogen) atoms. The van der Waals surface area contributed by atoms with Crippen molar-refractivity contribution in [1.29, 1.82) is 0 Å². The Labute approximate surface area is 175 Å². The first kappa shape index (κ1) is 24.4. The second-order valence-corrected chi connectivity index (χ2v) is 8.16. The predicted octanol–water partition coefficient (Wildman–Crippen LogP) is 7.95. The van der Waals surface area contributed by atoms with E-state index in [2.05, 4.69) is 63.5 Å². The van der Waals surface area contributed by atoms with E-state index in [1.807, 2.05) is 13.8 Å². The van der Waals surface area contributed by atoms with E-state index in [9.17, 15) is 0 Å². The van der Waals surface area contributed by atoms with Crippen LogP contribution in [-0.2, 0) is 12.8 Å². The molecule has 2 unspecified atom stereocenters. The number of rotatable bonds is 12. The third-order valence-corrected chi connectivity index (χ3v) is 5.95. The molecule has 0 aliphatic heterocycles. The van der Waals surface area contributed by atoms with Gasteiger partial charge in [-0.15, -0.1) is 11.8 Å². The molecule has 0 saturated heterocycles. The summed E-state index contributed by atoms with van der Waals surface area (Å²) >= 11 is 0. The van der Waals surface area contributed by atoms with Crippen LogP contribution in [0.25, 0.3) is 0 Å². The molecule has 1 aromatic carbocycles. The molecule has 0 aliphatic carbocycles. The Hall–Kier alpha value is -1.66. The Bertz CT molecular complexity index is 625. The van der Waals surface area contributed by atoms with Gasteiger partial charge in [-0.25, -0.2) is 0 Å². The summed E-state index contributed by atoms with van der Waals surface area (Å²) in [5.74, 6) is 14.6. The first-order chi connectivity index (χ1) is 13.6. The lowest BCUT2D eigenvalue weighted by atomic mass is 9.85. The third-order valence-electron chi connectivity index (χ3n) is 5.95. The largest absolute Gasteiger partial charge is 0.101 e. The average Bonchev–Trinajstić information content (AvgIpc) is 2.70. The molecule has 2 atom stereocenters. The maximum Gasteiger partial charge on any atom is 0.0280 e. The Morgan fingerprint density at radius 2 is 1.07 bits per heavy atom. The molecule has 1 rings (SSSR count). The highest BCUT2D eigenvalue weighted by Crippen LogP contribution is 2.27. The zero-order chi connectivity index (χ0) is 20.8. The summed E-state index contributed by atoms with van der Waals surface area (Å²) in [6.07, 6.45) is 12.6. The zero-order valence-electron chi connectivity index (χ0n) is 19.4. The van der Waals surface area contributed by atoms with Crippen LogP contribution >= 0.6 is 0 Å². The molecular formula is C28H42. The minimum Gasteiger partial charge on any atom is -0.101 e. The third kappa shape index (κ3) is 8.15. The van der Waals surface area contributed by atoms with Crippen molar-refractivity contribution < 1.29 is 0 Å². The van der Waals surface area contributed by atoms with Gasteiger partial charge in [-0.1, -0.05) is 90.9 Å². The predicted molar refractivity (Wildman–Crippen MR) is 126 cm³/mol. The minimum absolute atomic E-state index is 0.749. The molecule has 154 valence electrons. The van der Waals surface area contributed by atoms with Crippen LogP contribution in [0.1, 0.15) is 115 Å². The standard InChI is InChI=1S/C28H42/c1-7-13-17-23(11-5)19-27-21-26(16-10-4)28(22-25(27)15-9-3)20-24(12-6)18-14-8-2/h21-24H,7-8,11-14,17-20H2,1-6H3. The monoisotopic (exact) mass is 378 g/mol. The fraction of sp³-hybridized carbons (Fsp3) is 0.643. The summed E-state index contributed by atoms with van der Waals surface area (Å²) in [7, 11) is 0. The average molecular weight is 379 g/mol. The lowest BCUT2D eigenvalue weighted by molar-refractivity contribution is 0.446. The molecule has 0 nitrogen and oxygen atoms in total. The lowest BCUT2D eigenvalue weighted by Crippen LogP contribution is -2.09. The van der Waals surface area contributed by atoms with E-state index in [1.165, 1.54) is 73.6 Å². The second-order valence-electron chi connectivity index (χ2n) is 8.16. The summed E-state index contributed by atoms with van der Waals surface area (Å²) in [5.41, 5.74) is 5.28. The Balaban J connectivity index is 3.24. The van der Waals surface area contributed by atoms with Crippen molar-refractivity contribution in [2.75, 3.05) is 0 Å². The van der Waals surface area contributed by atoms with E-state index in [1.54, 1.807) is 0 Å². The Kier molecular flexibility index (Phi) is 12.5. The van der Waals surface area contributed by atoms with Crippen LogP contribution < -0.4 is 0 Å². The first-order valence-electron chi connectivity index (χ1n) is 11.6. The molecule has 0 aromatic heterocycles. The molecule has 0 heterocycles. The van der Waals surface area contributed by atoms with Gasteiger partial charge in [-0.05, 0) is 61.8 Å². The van der Waals surface area contributed by atoms with Gasteiger partial charge in [-0.2, -0.15) is 0 Å². The van der Waals surface area contributed by atoms with E-state index in [0.29, 0.717) is 0 Å². The van der Waals surface area contributed by atoms with E-state index < -0.39 is 0 Å². The van der Waals surface area contributed by atoms with Gasteiger partial charge in [0.1, 0.15) is 0 Å². The van der Waals surface area contributed by atoms with Crippen molar-refractivity contribution in [3.05, 3.63) is 34.4 Å². The molecular weight excluding hydrogens is 336 g/mol. The summed E-state index contributed by atoms with van der Waals surface area (Å²) < 4.78 is 0. The van der Waals surface area contributed by atoms with Crippen LogP contribution in [0.5, 0.6) is 0 Å². The number of hydrogen-bond donors (Lipinski definition) is 0. The summed E-state index contributed by atoms with van der Waals surface area (Å²) in [6, 6.07) is 4.74. The quantitative estimate of drug-likeness (QED) is 0.324. The zero-order valence-corrected chi connectivity index (χ0v) is 19.4. The van der Waals surface area contributed by atoms with Crippen molar-refractivity contribution in [2.24, 2.45) is 11.8 Å². The van der Waals surface area contributed by atoms with Gasteiger partial charge < -0.3 is 0 Å². The smallest absolute Gasteiger partial charge is 0.0280 e. The van der Waals surface area contributed by atoms with Crippen LogP contribution in [-0.4, -0.2) is 0 Å². The maximum atomic E-state index is 3.41. The molecule has 0 N–H and O–H groups in total. The number of hydrogen-bond acceptors (Lipinski definition) is 0. The van der Waals surface area contributed by atoms with Crippen molar-refractivity contribution >= 4 is 0 Å².